The lowest BCUT2D eigenvalue weighted by Gasteiger charge is -2.40. The molecule has 1 fully saturated rings. The van der Waals surface area contributed by atoms with Gasteiger partial charge in [-0.2, -0.15) is 0 Å². The van der Waals surface area contributed by atoms with Crippen molar-refractivity contribution in [3.05, 3.63) is 29.8 Å². The van der Waals surface area contributed by atoms with Crippen LogP contribution in [0.1, 0.15) is 26.3 Å². The third-order valence-corrected chi connectivity index (χ3v) is 3.79. The smallest absolute Gasteiger partial charge is 0.229 e. The van der Waals surface area contributed by atoms with Gasteiger partial charge in [-0.1, -0.05) is 39.0 Å². The molecule has 0 radical (unpaired) electrons. The van der Waals surface area contributed by atoms with Crippen LogP contribution >= 0.6 is 0 Å². The number of benzene rings is 1. The minimum absolute atomic E-state index is 0.176. The van der Waals surface area contributed by atoms with Crippen molar-refractivity contribution in [2.75, 3.05) is 6.61 Å². The Labute approximate surface area is 129 Å². The van der Waals surface area contributed by atoms with E-state index in [1.165, 1.54) is 0 Å². The zero-order valence-corrected chi connectivity index (χ0v) is 13.0. The Morgan fingerprint density at radius 3 is 2.27 bits per heavy atom. The van der Waals surface area contributed by atoms with Gasteiger partial charge in [0.2, 0.25) is 6.29 Å². The maximum atomic E-state index is 10.0. The van der Waals surface area contributed by atoms with Crippen LogP contribution < -0.4 is 4.74 Å². The highest BCUT2D eigenvalue weighted by Gasteiger charge is 2.45. The van der Waals surface area contributed by atoms with Crippen molar-refractivity contribution in [3.8, 4) is 5.75 Å². The Hall–Kier alpha value is -1.18. The lowest BCUT2D eigenvalue weighted by molar-refractivity contribution is -0.277. The molecule has 0 unspecified atom stereocenters. The summed E-state index contributed by atoms with van der Waals surface area (Å²) in [5.74, 6) is 0.527. The second-order valence-electron chi connectivity index (χ2n) is 6.56. The van der Waals surface area contributed by atoms with Gasteiger partial charge in [0, 0.05) is 0 Å². The minimum atomic E-state index is -1.45. The van der Waals surface area contributed by atoms with E-state index in [1.54, 1.807) is 12.1 Å². The van der Waals surface area contributed by atoms with Crippen molar-refractivity contribution in [2.24, 2.45) is 0 Å². The van der Waals surface area contributed by atoms with Crippen LogP contribution in [0.5, 0.6) is 5.75 Å². The van der Waals surface area contributed by atoms with E-state index in [0.717, 1.165) is 5.56 Å². The summed E-state index contributed by atoms with van der Waals surface area (Å²) in [5.41, 5.74) is 0.747. The van der Waals surface area contributed by atoms with Crippen molar-refractivity contribution < 1.29 is 29.9 Å². The number of rotatable bonds is 3. The lowest BCUT2D eigenvalue weighted by Crippen LogP contribution is -2.60. The fraction of sp³-hybridized carbons (Fsp3) is 0.625. The third kappa shape index (κ3) is 3.42. The third-order valence-electron chi connectivity index (χ3n) is 3.79. The summed E-state index contributed by atoms with van der Waals surface area (Å²) in [6.07, 6.45) is -6.40. The van der Waals surface area contributed by atoms with Crippen LogP contribution in [0, 0.1) is 0 Å². The molecule has 1 aliphatic rings. The van der Waals surface area contributed by atoms with E-state index in [-0.39, 0.29) is 5.41 Å². The van der Waals surface area contributed by atoms with Crippen molar-refractivity contribution >= 4 is 0 Å². The topological polar surface area (TPSA) is 99.4 Å². The molecule has 1 aliphatic heterocycles. The molecule has 1 aromatic rings. The van der Waals surface area contributed by atoms with Gasteiger partial charge in [0.1, 0.15) is 30.2 Å². The highest BCUT2D eigenvalue weighted by molar-refractivity contribution is 5.38. The first-order chi connectivity index (χ1) is 10.3. The van der Waals surface area contributed by atoms with E-state index in [1.807, 2.05) is 32.9 Å². The zero-order valence-electron chi connectivity index (χ0n) is 13.0. The molecule has 1 heterocycles. The molecule has 0 aromatic heterocycles. The molecule has 0 bridgehead atoms. The average molecular weight is 312 g/mol. The fourth-order valence-corrected chi connectivity index (χ4v) is 2.48. The molecule has 4 N–H and O–H groups in total. The first-order valence-corrected chi connectivity index (χ1v) is 7.32. The van der Waals surface area contributed by atoms with Gasteiger partial charge in [0.05, 0.1) is 6.61 Å². The molecule has 0 aliphatic carbocycles. The van der Waals surface area contributed by atoms with E-state index < -0.39 is 37.3 Å². The van der Waals surface area contributed by atoms with Gasteiger partial charge in [-0.25, -0.2) is 0 Å². The van der Waals surface area contributed by atoms with Gasteiger partial charge in [-0.15, -0.1) is 0 Å². The minimum Gasteiger partial charge on any atom is -0.462 e. The molecular formula is C16H24O6. The summed E-state index contributed by atoms with van der Waals surface area (Å²) in [4.78, 5) is 0. The molecule has 0 saturated carbocycles. The SMILES string of the molecule is CC(C)(C)c1ccccc1O[C@@H]1O[C@H](CO)[C@H](O)[C@H](O)[C@@H]1O. The van der Waals surface area contributed by atoms with Crippen LogP contribution in [-0.4, -0.2) is 57.7 Å². The van der Waals surface area contributed by atoms with E-state index >= 15 is 0 Å². The zero-order chi connectivity index (χ0) is 16.5. The van der Waals surface area contributed by atoms with Gasteiger partial charge in [0.15, 0.2) is 0 Å². The summed E-state index contributed by atoms with van der Waals surface area (Å²) in [5, 5.41) is 38.8. The number of aliphatic hydroxyl groups is 4. The predicted octanol–water partition coefficient (Wildman–Crippen LogP) is 0.163. The average Bonchev–Trinajstić information content (AvgIpc) is 2.47. The maximum absolute atomic E-state index is 10.0. The number of hydrogen-bond acceptors (Lipinski definition) is 6. The Balaban J connectivity index is 2.23. The summed E-state index contributed by atoms with van der Waals surface area (Å²) >= 11 is 0. The van der Waals surface area contributed by atoms with Crippen molar-refractivity contribution in [1.82, 2.24) is 0 Å². The number of ether oxygens (including phenoxy) is 2. The quantitative estimate of drug-likeness (QED) is 0.635. The summed E-state index contributed by atoms with van der Waals surface area (Å²) in [6, 6.07) is 7.36. The molecule has 5 atom stereocenters. The molecule has 6 nitrogen and oxygen atoms in total. The van der Waals surface area contributed by atoms with E-state index in [4.69, 9.17) is 9.47 Å². The number of para-hydroxylation sites is 1. The van der Waals surface area contributed by atoms with Gasteiger partial charge < -0.3 is 29.9 Å². The largest absolute Gasteiger partial charge is 0.462 e. The van der Waals surface area contributed by atoms with Crippen LogP contribution in [0.15, 0.2) is 24.3 Å². The van der Waals surface area contributed by atoms with Crippen molar-refractivity contribution in [3.63, 3.8) is 0 Å². The molecule has 2 rings (SSSR count). The van der Waals surface area contributed by atoms with Gasteiger partial charge in [-0.3, -0.25) is 0 Å². The Kier molecular flexibility index (Phi) is 5.09. The second kappa shape index (κ2) is 6.52. The highest BCUT2D eigenvalue weighted by Crippen LogP contribution is 2.33. The number of aliphatic hydroxyl groups excluding tert-OH is 4. The normalized spacial score (nSPS) is 32.8. The lowest BCUT2D eigenvalue weighted by atomic mass is 9.86. The fourth-order valence-electron chi connectivity index (χ4n) is 2.48. The molecule has 0 spiro atoms. The van der Waals surface area contributed by atoms with Crippen molar-refractivity contribution in [2.45, 2.75) is 56.9 Å². The monoisotopic (exact) mass is 312 g/mol. The summed E-state index contributed by atoms with van der Waals surface area (Å²) < 4.78 is 11.1. The van der Waals surface area contributed by atoms with E-state index in [0.29, 0.717) is 5.75 Å². The predicted molar refractivity (Wildman–Crippen MR) is 79.5 cm³/mol. The van der Waals surface area contributed by atoms with E-state index in [9.17, 15) is 20.4 Å². The Morgan fingerprint density at radius 1 is 1.05 bits per heavy atom. The molecule has 1 saturated heterocycles. The Bertz CT molecular complexity index is 496. The number of hydrogen-bond donors (Lipinski definition) is 4. The maximum Gasteiger partial charge on any atom is 0.229 e. The first kappa shape index (κ1) is 17.2. The molecule has 1 aromatic carbocycles. The summed E-state index contributed by atoms with van der Waals surface area (Å²) in [6.45, 7) is 5.61. The Morgan fingerprint density at radius 2 is 1.68 bits per heavy atom. The van der Waals surface area contributed by atoms with Gasteiger partial charge in [0.25, 0.3) is 0 Å². The molecule has 6 heteroatoms. The highest BCUT2D eigenvalue weighted by atomic mass is 16.7. The molecule has 0 amide bonds. The molecule has 124 valence electrons. The van der Waals surface area contributed by atoms with Crippen LogP contribution in [0.3, 0.4) is 0 Å². The first-order valence-electron chi connectivity index (χ1n) is 7.32. The van der Waals surface area contributed by atoms with Crippen LogP contribution in [-0.2, 0) is 10.2 Å². The molecule has 22 heavy (non-hydrogen) atoms. The van der Waals surface area contributed by atoms with Crippen molar-refractivity contribution in [1.29, 1.82) is 0 Å². The van der Waals surface area contributed by atoms with Gasteiger partial charge >= 0.3 is 0 Å². The van der Waals surface area contributed by atoms with E-state index in [2.05, 4.69) is 0 Å². The van der Waals surface area contributed by atoms with Crippen LogP contribution in [0.25, 0.3) is 0 Å². The second-order valence-corrected chi connectivity index (χ2v) is 6.56. The van der Waals surface area contributed by atoms with Crippen LogP contribution in [0.4, 0.5) is 0 Å². The van der Waals surface area contributed by atoms with Gasteiger partial charge in [-0.05, 0) is 17.0 Å². The standard InChI is InChI=1S/C16H24O6/c1-16(2,3)9-6-4-5-7-10(9)21-15-14(20)13(19)12(18)11(8-17)22-15/h4-7,11-15,17-20H,8H2,1-3H3/t11-,12+,13+,14+,15-/m1/s1. The summed E-state index contributed by atoms with van der Waals surface area (Å²) in [7, 11) is 0. The molecular weight excluding hydrogens is 288 g/mol. The van der Waals surface area contributed by atoms with Crippen LogP contribution in [0.2, 0.25) is 0 Å².